The molecule has 0 saturated carbocycles. The van der Waals surface area contributed by atoms with Crippen LogP contribution in [0.5, 0.6) is 5.75 Å². The van der Waals surface area contributed by atoms with Crippen molar-refractivity contribution in [1.82, 2.24) is 10.2 Å². The summed E-state index contributed by atoms with van der Waals surface area (Å²) in [6, 6.07) is 19.9. The largest absolute Gasteiger partial charge is 0.483 e. The molecule has 1 N–H and O–H groups in total. The fraction of sp³-hybridized carbons (Fsp3) is 0.333. The molecule has 0 aliphatic rings. The van der Waals surface area contributed by atoms with Gasteiger partial charge in [-0.3, -0.25) is 9.59 Å². The van der Waals surface area contributed by atoms with Crippen LogP contribution >= 0.6 is 23.2 Å². The first-order chi connectivity index (χ1) is 17.8. The maximum Gasteiger partial charge on any atom is 0.261 e. The van der Waals surface area contributed by atoms with Crippen molar-refractivity contribution in [3.8, 4) is 5.75 Å². The van der Waals surface area contributed by atoms with Crippen LogP contribution in [0.3, 0.4) is 0 Å². The van der Waals surface area contributed by atoms with Crippen LogP contribution in [0.15, 0.2) is 66.7 Å². The lowest BCUT2D eigenvalue weighted by molar-refractivity contribution is -0.142. The van der Waals surface area contributed by atoms with E-state index in [1.165, 1.54) is 4.90 Å². The molecule has 3 aromatic carbocycles. The molecule has 5 nitrogen and oxygen atoms in total. The van der Waals surface area contributed by atoms with Gasteiger partial charge in [0, 0.05) is 35.1 Å². The quantitative estimate of drug-likeness (QED) is 0.265. The molecule has 0 unspecified atom stereocenters. The van der Waals surface area contributed by atoms with Crippen molar-refractivity contribution in [2.24, 2.45) is 0 Å². The number of aryl methyl sites for hydroxylation is 2. The van der Waals surface area contributed by atoms with Crippen molar-refractivity contribution in [3.63, 3.8) is 0 Å². The maximum atomic E-state index is 13.7. The number of benzene rings is 3. The third-order valence-corrected chi connectivity index (χ3v) is 6.88. The zero-order valence-electron chi connectivity index (χ0n) is 21.6. The smallest absolute Gasteiger partial charge is 0.261 e. The first kappa shape index (κ1) is 28.5. The number of rotatable bonds is 12. The van der Waals surface area contributed by atoms with E-state index in [-0.39, 0.29) is 25.0 Å². The van der Waals surface area contributed by atoms with Crippen LogP contribution in [0.25, 0.3) is 0 Å². The predicted molar refractivity (Wildman–Crippen MR) is 150 cm³/mol. The summed E-state index contributed by atoms with van der Waals surface area (Å²) in [4.78, 5) is 28.7. The minimum absolute atomic E-state index is 0.0757. The number of hydrogen-bond donors (Lipinski definition) is 1. The highest BCUT2D eigenvalue weighted by atomic mass is 35.5. The van der Waals surface area contributed by atoms with E-state index in [1.54, 1.807) is 18.2 Å². The van der Waals surface area contributed by atoms with Gasteiger partial charge in [-0.05, 0) is 49.6 Å². The molecule has 0 heterocycles. The Morgan fingerprint density at radius 1 is 0.973 bits per heavy atom. The Kier molecular flexibility index (Phi) is 10.8. The molecule has 3 aromatic rings. The molecule has 1 atom stereocenters. The van der Waals surface area contributed by atoms with Gasteiger partial charge < -0.3 is 15.0 Å². The van der Waals surface area contributed by atoms with E-state index in [2.05, 4.69) is 12.2 Å². The monoisotopic (exact) mass is 540 g/mol. The van der Waals surface area contributed by atoms with E-state index in [0.717, 1.165) is 29.5 Å². The number of carbonyl (C=O) groups excluding carboxylic acids is 2. The Morgan fingerprint density at radius 3 is 2.32 bits per heavy atom. The van der Waals surface area contributed by atoms with Crippen LogP contribution in [-0.2, 0) is 22.6 Å². The molecular formula is C30H34Cl2N2O3. The van der Waals surface area contributed by atoms with Crippen molar-refractivity contribution in [2.75, 3.05) is 13.2 Å². The molecule has 0 aliphatic heterocycles. The fourth-order valence-electron chi connectivity index (χ4n) is 4.10. The summed E-state index contributed by atoms with van der Waals surface area (Å²) in [5.41, 5.74) is 3.58. The number of halogens is 2. The third kappa shape index (κ3) is 8.24. The Bertz CT molecular complexity index is 1180. The molecule has 0 aliphatic carbocycles. The first-order valence-electron chi connectivity index (χ1n) is 12.5. The lowest BCUT2D eigenvalue weighted by atomic mass is 10.0. The van der Waals surface area contributed by atoms with Crippen LogP contribution in [0, 0.1) is 13.8 Å². The zero-order valence-corrected chi connectivity index (χ0v) is 23.1. The average Bonchev–Trinajstić information content (AvgIpc) is 2.87. The molecular weight excluding hydrogens is 507 g/mol. The number of hydrogen-bond acceptors (Lipinski definition) is 3. The average molecular weight is 542 g/mol. The van der Waals surface area contributed by atoms with E-state index < -0.39 is 6.04 Å². The minimum atomic E-state index is -0.776. The fourth-order valence-corrected chi connectivity index (χ4v) is 4.61. The normalized spacial score (nSPS) is 11.6. The molecule has 0 saturated heterocycles. The molecule has 7 heteroatoms. The third-order valence-electron chi connectivity index (χ3n) is 6.17. The van der Waals surface area contributed by atoms with Crippen molar-refractivity contribution in [3.05, 3.63) is 99.0 Å². The highest BCUT2D eigenvalue weighted by Gasteiger charge is 2.31. The van der Waals surface area contributed by atoms with Gasteiger partial charge in [-0.2, -0.15) is 0 Å². The van der Waals surface area contributed by atoms with E-state index in [1.807, 2.05) is 62.4 Å². The summed E-state index contributed by atoms with van der Waals surface area (Å²) in [6.45, 7) is 6.39. The van der Waals surface area contributed by atoms with Crippen molar-refractivity contribution in [1.29, 1.82) is 0 Å². The highest BCUT2D eigenvalue weighted by Crippen LogP contribution is 2.27. The molecule has 37 heavy (non-hydrogen) atoms. The van der Waals surface area contributed by atoms with Gasteiger partial charge in [0.15, 0.2) is 6.61 Å². The Labute approximate surface area is 229 Å². The SMILES string of the molecule is CCCCNC(=O)[C@@H](Cc1ccccc1)N(Cc1c(Cl)cccc1Cl)C(=O)COc1ccc(C)cc1C. The molecule has 0 bridgehead atoms. The van der Waals surface area contributed by atoms with Gasteiger partial charge in [0.05, 0.1) is 0 Å². The zero-order chi connectivity index (χ0) is 26.8. The van der Waals surface area contributed by atoms with Gasteiger partial charge in [0.1, 0.15) is 11.8 Å². The molecule has 0 spiro atoms. The van der Waals surface area contributed by atoms with Crippen molar-refractivity contribution < 1.29 is 14.3 Å². The summed E-state index contributed by atoms with van der Waals surface area (Å²) < 4.78 is 5.92. The maximum absolute atomic E-state index is 13.7. The topological polar surface area (TPSA) is 58.6 Å². The number of nitrogens with one attached hydrogen (secondary N) is 1. The Morgan fingerprint density at radius 2 is 1.68 bits per heavy atom. The van der Waals surface area contributed by atoms with Gasteiger partial charge in [0.2, 0.25) is 5.91 Å². The summed E-state index contributed by atoms with van der Waals surface area (Å²) in [7, 11) is 0. The summed E-state index contributed by atoms with van der Waals surface area (Å²) in [6.07, 6.45) is 2.14. The van der Waals surface area contributed by atoms with Crippen LogP contribution in [-0.4, -0.2) is 35.9 Å². The molecule has 0 fully saturated rings. The van der Waals surface area contributed by atoms with Crippen LogP contribution < -0.4 is 10.1 Å². The number of carbonyl (C=O) groups is 2. The van der Waals surface area contributed by atoms with Crippen LogP contribution in [0.4, 0.5) is 0 Å². The highest BCUT2D eigenvalue weighted by molar-refractivity contribution is 6.36. The molecule has 0 aromatic heterocycles. The van der Waals surface area contributed by atoms with E-state index in [0.29, 0.717) is 34.3 Å². The number of ether oxygens (including phenoxy) is 1. The second kappa shape index (κ2) is 14.1. The lowest BCUT2D eigenvalue weighted by Gasteiger charge is -2.32. The number of nitrogens with zero attached hydrogens (tertiary/aromatic N) is 1. The molecule has 3 rings (SSSR count). The van der Waals surface area contributed by atoms with Crippen molar-refractivity contribution >= 4 is 35.0 Å². The number of unbranched alkanes of at least 4 members (excludes halogenated alkanes) is 1. The summed E-state index contributed by atoms with van der Waals surface area (Å²) >= 11 is 13.0. The van der Waals surface area contributed by atoms with Crippen LogP contribution in [0.2, 0.25) is 10.0 Å². The Balaban J connectivity index is 1.94. The van der Waals surface area contributed by atoms with Gasteiger partial charge in [-0.1, -0.05) is 90.6 Å². The second-order valence-corrected chi connectivity index (χ2v) is 9.94. The first-order valence-corrected chi connectivity index (χ1v) is 13.3. The van der Waals surface area contributed by atoms with Crippen LogP contribution in [0.1, 0.15) is 42.0 Å². The predicted octanol–water partition coefficient (Wildman–Crippen LogP) is 6.55. The Hall–Kier alpha value is -3.02. The van der Waals surface area contributed by atoms with E-state index in [9.17, 15) is 9.59 Å². The standard InChI is InChI=1S/C30H34Cl2N2O3/c1-4-5-16-33-30(36)27(18-23-10-7-6-8-11-23)34(19-24-25(31)12-9-13-26(24)32)29(35)20-37-28-15-14-21(2)17-22(28)3/h6-15,17,27H,4-5,16,18-20H2,1-3H3,(H,33,36)/t27-/m1/s1. The molecule has 0 radical (unpaired) electrons. The van der Waals surface area contributed by atoms with Gasteiger partial charge in [-0.15, -0.1) is 0 Å². The van der Waals surface area contributed by atoms with Gasteiger partial charge >= 0.3 is 0 Å². The van der Waals surface area contributed by atoms with Gasteiger partial charge in [0.25, 0.3) is 5.91 Å². The molecule has 196 valence electrons. The van der Waals surface area contributed by atoms with E-state index >= 15 is 0 Å². The number of amides is 2. The van der Waals surface area contributed by atoms with Gasteiger partial charge in [-0.25, -0.2) is 0 Å². The minimum Gasteiger partial charge on any atom is -0.483 e. The lowest BCUT2D eigenvalue weighted by Crippen LogP contribution is -2.52. The second-order valence-electron chi connectivity index (χ2n) is 9.13. The van der Waals surface area contributed by atoms with Crippen molar-refractivity contribution in [2.45, 2.75) is 52.6 Å². The molecule has 2 amide bonds. The van der Waals surface area contributed by atoms with E-state index in [4.69, 9.17) is 27.9 Å². The summed E-state index contributed by atoms with van der Waals surface area (Å²) in [5.74, 6) is 0.0737. The summed E-state index contributed by atoms with van der Waals surface area (Å²) in [5, 5.41) is 3.88.